The van der Waals surface area contributed by atoms with Gasteiger partial charge in [0.05, 0.1) is 6.61 Å². The highest BCUT2D eigenvalue weighted by Crippen LogP contribution is 2.25. The Bertz CT molecular complexity index is 242. The predicted molar refractivity (Wildman–Crippen MR) is 82.2 cm³/mol. The first-order chi connectivity index (χ1) is 8.27. The smallest absolute Gasteiger partial charge is 0.319 e. The zero-order valence-electron chi connectivity index (χ0n) is 12.3. The maximum atomic E-state index is 11.1. The first-order valence-corrected chi connectivity index (χ1v) is 10.9. The molecule has 0 aromatic carbocycles. The van der Waals surface area contributed by atoms with Crippen molar-refractivity contribution in [2.45, 2.75) is 56.7 Å². The van der Waals surface area contributed by atoms with E-state index in [1.165, 1.54) is 6.04 Å². The van der Waals surface area contributed by atoms with Crippen LogP contribution in [0.4, 0.5) is 0 Å². The monoisotopic (exact) mass is 338 g/mol. The van der Waals surface area contributed by atoms with E-state index in [1.54, 1.807) is 6.92 Å². The molecule has 0 amide bonds. The highest BCUT2D eigenvalue weighted by atomic mass is 79.9. The van der Waals surface area contributed by atoms with Crippen molar-refractivity contribution in [2.75, 3.05) is 19.8 Å². The minimum absolute atomic E-state index is 0.230. The average molecular weight is 339 g/mol. The van der Waals surface area contributed by atoms with E-state index < -0.39 is 8.07 Å². The van der Waals surface area contributed by atoms with Crippen molar-refractivity contribution in [3.05, 3.63) is 0 Å². The van der Waals surface area contributed by atoms with Gasteiger partial charge in [-0.05, 0) is 13.3 Å². The number of esters is 1. The molecule has 1 atom stereocenters. The van der Waals surface area contributed by atoms with Crippen molar-refractivity contribution in [1.82, 2.24) is 0 Å². The Balaban J connectivity index is 3.45. The Morgan fingerprint density at radius 3 is 2.28 bits per heavy atom. The molecule has 0 aromatic rings. The molecule has 0 aromatic heterocycles. The molecule has 0 bridgehead atoms. The summed E-state index contributed by atoms with van der Waals surface area (Å²) in [4.78, 5) is 10.9. The Morgan fingerprint density at radius 1 is 1.17 bits per heavy atom. The largest absolute Gasteiger partial charge is 0.462 e. The highest BCUT2D eigenvalue weighted by molar-refractivity contribution is 9.10. The lowest BCUT2D eigenvalue weighted by molar-refractivity contribution is -0.144. The van der Waals surface area contributed by atoms with Gasteiger partial charge in [0.25, 0.3) is 0 Å². The molecule has 1 unspecified atom stereocenters. The molecule has 0 fully saturated rings. The molecule has 0 heterocycles. The number of ether oxygens (including phenoxy) is 2. The number of halogens is 1. The molecule has 18 heavy (non-hydrogen) atoms. The van der Waals surface area contributed by atoms with E-state index in [2.05, 4.69) is 42.9 Å². The summed E-state index contributed by atoms with van der Waals surface area (Å²) in [6.45, 7) is 12.8. The van der Waals surface area contributed by atoms with Crippen LogP contribution in [-0.4, -0.2) is 38.7 Å². The van der Waals surface area contributed by atoms with E-state index in [0.29, 0.717) is 13.2 Å². The van der Waals surface area contributed by atoms with Gasteiger partial charge in [0, 0.05) is 14.7 Å². The number of carbonyl (C=O) groups excluding carboxylic acids is 1. The molecule has 0 N–H and O–H groups in total. The number of hydrogen-bond acceptors (Lipinski definition) is 3. The standard InChI is InChI=1S/C13H27BrO3Si/c1-11(2)18(4,5)10-6-7-16-8-9-17-13(15)12(3)14/h11-12H,6-10H2,1-5H3. The van der Waals surface area contributed by atoms with Crippen molar-refractivity contribution in [1.29, 1.82) is 0 Å². The zero-order valence-corrected chi connectivity index (χ0v) is 14.9. The normalized spacial score (nSPS) is 13.7. The van der Waals surface area contributed by atoms with Crippen LogP contribution in [0.3, 0.4) is 0 Å². The van der Waals surface area contributed by atoms with Crippen LogP contribution < -0.4 is 0 Å². The molecular formula is C13H27BrO3Si. The van der Waals surface area contributed by atoms with Gasteiger partial charge in [-0.15, -0.1) is 0 Å². The van der Waals surface area contributed by atoms with Gasteiger partial charge < -0.3 is 9.47 Å². The molecule has 0 aliphatic rings. The van der Waals surface area contributed by atoms with E-state index in [4.69, 9.17) is 9.47 Å². The topological polar surface area (TPSA) is 35.5 Å². The maximum absolute atomic E-state index is 11.1. The first-order valence-electron chi connectivity index (χ1n) is 6.66. The van der Waals surface area contributed by atoms with E-state index >= 15 is 0 Å². The number of rotatable bonds is 9. The molecule has 5 heteroatoms. The summed E-state index contributed by atoms with van der Waals surface area (Å²) in [6, 6.07) is 1.29. The molecule has 108 valence electrons. The minimum atomic E-state index is -1.05. The molecule has 0 radical (unpaired) electrons. The van der Waals surface area contributed by atoms with Crippen LogP contribution in [0.15, 0.2) is 0 Å². The van der Waals surface area contributed by atoms with E-state index in [-0.39, 0.29) is 10.8 Å². The third-order valence-electron chi connectivity index (χ3n) is 3.47. The van der Waals surface area contributed by atoms with Crippen LogP contribution in [0.1, 0.15) is 27.2 Å². The highest BCUT2D eigenvalue weighted by Gasteiger charge is 2.23. The summed E-state index contributed by atoms with van der Waals surface area (Å²) in [5.41, 5.74) is 0.818. The van der Waals surface area contributed by atoms with E-state index in [9.17, 15) is 4.79 Å². The van der Waals surface area contributed by atoms with Crippen molar-refractivity contribution < 1.29 is 14.3 Å². The lowest BCUT2D eigenvalue weighted by Gasteiger charge is -2.26. The summed E-state index contributed by atoms with van der Waals surface area (Å²) < 4.78 is 10.5. The van der Waals surface area contributed by atoms with Gasteiger partial charge in [0.1, 0.15) is 11.4 Å². The predicted octanol–water partition coefficient (Wildman–Crippen LogP) is 3.84. The maximum Gasteiger partial charge on any atom is 0.319 e. The molecule has 3 nitrogen and oxygen atoms in total. The fourth-order valence-corrected chi connectivity index (χ4v) is 3.10. The number of alkyl halides is 1. The number of carbonyl (C=O) groups is 1. The van der Waals surface area contributed by atoms with Crippen LogP contribution in [0.25, 0.3) is 0 Å². The number of hydrogen-bond donors (Lipinski definition) is 0. The molecule has 0 aliphatic heterocycles. The lowest BCUT2D eigenvalue weighted by atomic mass is 10.5. The Hall–Kier alpha value is 0.127. The third kappa shape index (κ3) is 8.27. The minimum Gasteiger partial charge on any atom is -0.462 e. The van der Waals surface area contributed by atoms with Gasteiger partial charge in [-0.2, -0.15) is 0 Å². The van der Waals surface area contributed by atoms with Crippen LogP contribution >= 0.6 is 15.9 Å². The quantitative estimate of drug-likeness (QED) is 0.277. The van der Waals surface area contributed by atoms with Crippen molar-refractivity contribution >= 4 is 30.0 Å². The zero-order chi connectivity index (χ0) is 14.2. The van der Waals surface area contributed by atoms with Crippen molar-refractivity contribution in [3.63, 3.8) is 0 Å². The Labute approximate surface area is 121 Å². The molecule has 0 aliphatic carbocycles. The molecule has 0 saturated carbocycles. The summed E-state index contributed by atoms with van der Waals surface area (Å²) in [7, 11) is -1.05. The van der Waals surface area contributed by atoms with Crippen molar-refractivity contribution in [2.24, 2.45) is 0 Å². The lowest BCUT2D eigenvalue weighted by Crippen LogP contribution is -2.29. The van der Waals surface area contributed by atoms with Gasteiger partial charge >= 0.3 is 5.97 Å². The molecule has 0 saturated heterocycles. The second kappa shape index (κ2) is 9.10. The summed E-state index contributed by atoms with van der Waals surface area (Å²) in [5, 5.41) is 0. The van der Waals surface area contributed by atoms with E-state index in [0.717, 1.165) is 18.6 Å². The SMILES string of the molecule is CC(Br)C(=O)OCCOCCC[Si](C)(C)C(C)C. The summed E-state index contributed by atoms with van der Waals surface area (Å²) >= 11 is 3.16. The van der Waals surface area contributed by atoms with Gasteiger partial charge in [0.15, 0.2) is 0 Å². The van der Waals surface area contributed by atoms with Crippen LogP contribution in [0.2, 0.25) is 24.7 Å². The Morgan fingerprint density at radius 2 is 1.78 bits per heavy atom. The van der Waals surface area contributed by atoms with Crippen molar-refractivity contribution in [3.8, 4) is 0 Å². The fourth-order valence-electron chi connectivity index (χ4n) is 1.34. The first kappa shape index (κ1) is 18.1. The second-order valence-corrected chi connectivity index (χ2v) is 12.6. The van der Waals surface area contributed by atoms with Crippen LogP contribution in [-0.2, 0) is 14.3 Å². The average Bonchev–Trinajstić information content (AvgIpc) is 2.26. The fraction of sp³-hybridized carbons (Fsp3) is 0.923. The van der Waals surface area contributed by atoms with Crippen LogP contribution in [0.5, 0.6) is 0 Å². The van der Waals surface area contributed by atoms with Gasteiger partial charge in [-0.3, -0.25) is 4.79 Å². The van der Waals surface area contributed by atoms with Crippen LogP contribution in [0, 0.1) is 0 Å². The second-order valence-electron chi connectivity index (χ2n) is 5.64. The summed E-state index contributed by atoms with van der Waals surface area (Å²) in [5.74, 6) is -0.230. The molecule has 0 rings (SSSR count). The molecule has 0 spiro atoms. The Kier molecular flexibility index (Phi) is 9.16. The molecular weight excluding hydrogens is 312 g/mol. The van der Waals surface area contributed by atoms with Gasteiger partial charge in [-0.1, -0.05) is 54.5 Å². The summed E-state index contributed by atoms with van der Waals surface area (Å²) in [6.07, 6.45) is 1.11. The third-order valence-corrected chi connectivity index (χ3v) is 8.61. The van der Waals surface area contributed by atoms with Gasteiger partial charge in [0.2, 0.25) is 0 Å². The van der Waals surface area contributed by atoms with Gasteiger partial charge in [-0.25, -0.2) is 0 Å². The van der Waals surface area contributed by atoms with E-state index in [1.807, 2.05) is 0 Å².